The van der Waals surface area contributed by atoms with Crippen LogP contribution >= 0.6 is 23.2 Å². The molecule has 0 aliphatic heterocycles. The third-order valence-electron chi connectivity index (χ3n) is 2.24. The number of aliphatic hydroxyl groups excluding tert-OH is 1. The van der Waals surface area contributed by atoms with Gasteiger partial charge in [0.2, 0.25) is 0 Å². The van der Waals surface area contributed by atoms with Crippen LogP contribution in [-0.2, 0) is 0 Å². The van der Waals surface area contributed by atoms with Crippen molar-refractivity contribution in [2.45, 2.75) is 25.9 Å². The molecule has 15 heavy (non-hydrogen) atoms. The number of rotatable bonds is 4. The lowest BCUT2D eigenvalue weighted by atomic mass is 10.1. The van der Waals surface area contributed by atoms with Gasteiger partial charge >= 0.3 is 0 Å². The van der Waals surface area contributed by atoms with Crippen LogP contribution in [0.3, 0.4) is 0 Å². The quantitative estimate of drug-likeness (QED) is 0.858. The normalized spacial score (nSPS) is 15.0. The fourth-order valence-electron chi connectivity index (χ4n) is 1.42. The van der Waals surface area contributed by atoms with E-state index in [1.54, 1.807) is 6.07 Å². The fraction of sp³-hybridized carbons (Fsp3) is 0.455. The van der Waals surface area contributed by atoms with Gasteiger partial charge in [0.15, 0.2) is 0 Å². The van der Waals surface area contributed by atoms with Gasteiger partial charge in [0.1, 0.15) is 0 Å². The van der Waals surface area contributed by atoms with Crippen LogP contribution in [0.1, 0.15) is 25.5 Å². The summed E-state index contributed by atoms with van der Waals surface area (Å²) in [6, 6.07) is 5.57. The number of nitrogens with one attached hydrogen (secondary N) is 1. The second-order valence-corrected chi connectivity index (χ2v) is 4.48. The zero-order valence-electron chi connectivity index (χ0n) is 8.80. The maximum atomic E-state index is 8.93. The Morgan fingerprint density at radius 3 is 2.53 bits per heavy atom. The van der Waals surface area contributed by atoms with Crippen LogP contribution in [-0.4, -0.2) is 17.8 Å². The number of hydrogen-bond acceptors (Lipinski definition) is 2. The summed E-state index contributed by atoms with van der Waals surface area (Å²) < 4.78 is 0. The first-order chi connectivity index (χ1) is 7.04. The maximum absolute atomic E-state index is 8.93. The standard InChI is InChI=1S/C11H15Cl2NO/c1-7(6-15)14-8(2)10-4-3-9(12)5-11(10)13/h3-5,7-8,14-15H,6H2,1-2H3/t7-,8?/m0/s1. The first-order valence-corrected chi connectivity index (χ1v) is 5.62. The Kier molecular flexibility index (Phi) is 4.87. The molecule has 84 valence electrons. The van der Waals surface area contributed by atoms with Crippen LogP contribution in [0.4, 0.5) is 0 Å². The van der Waals surface area contributed by atoms with Crippen molar-refractivity contribution in [1.29, 1.82) is 0 Å². The first-order valence-electron chi connectivity index (χ1n) is 4.86. The van der Waals surface area contributed by atoms with Gasteiger partial charge in [-0.25, -0.2) is 0 Å². The molecule has 0 aliphatic rings. The van der Waals surface area contributed by atoms with Crippen LogP contribution in [0.5, 0.6) is 0 Å². The number of benzene rings is 1. The van der Waals surface area contributed by atoms with E-state index in [2.05, 4.69) is 5.32 Å². The van der Waals surface area contributed by atoms with Gasteiger partial charge in [-0.05, 0) is 31.5 Å². The second-order valence-electron chi connectivity index (χ2n) is 3.64. The van der Waals surface area contributed by atoms with Gasteiger partial charge in [-0.2, -0.15) is 0 Å². The van der Waals surface area contributed by atoms with Crippen molar-refractivity contribution in [2.75, 3.05) is 6.61 Å². The highest BCUT2D eigenvalue weighted by Gasteiger charge is 2.11. The zero-order valence-corrected chi connectivity index (χ0v) is 10.3. The first kappa shape index (κ1) is 12.8. The van der Waals surface area contributed by atoms with Gasteiger partial charge in [0.05, 0.1) is 6.61 Å². The molecule has 0 radical (unpaired) electrons. The second kappa shape index (κ2) is 5.71. The Hall–Kier alpha value is -0.280. The van der Waals surface area contributed by atoms with E-state index in [1.807, 2.05) is 26.0 Å². The molecule has 0 fully saturated rings. The molecule has 0 amide bonds. The molecule has 0 bridgehead atoms. The summed E-state index contributed by atoms with van der Waals surface area (Å²) in [4.78, 5) is 0. The van der Waals surface area contributed by atoms with E-state index in [1.165, 1.54) is 0 Å². The molecule has 0 aliphatic carbocycles. The van der Waals surface area contributed by atoms with Gasteiger partial charge in [0.25, 0.3) is 0 Å². The summed E-state index contributed by atoms with van der Waals surface area (Å²) in [6.07, 6.45) is 0. The van der Waals surface area contributed by atoms with Crippen molar-refractivity contribution >= 4 is 23.2 Å². The molecule has 1 unspecified atom stereocenters. The molecule has 0 saturated heterocycles. The Morgan fingerprint density at radius 1 is 1.33 bits per heavy atom. The summed E-state index contributed by atoms with van der Waals surface area (Å²) in [5, 5.41) is 13.4. The Balaban J connectivity index is 2.77. The van der Waals surface area contributed by atoms with Gasteiger partial charge in [-0.3, -0.25) is 0 Å². The van der Waals surface area contributed by atoms with E-state index in [0.29, 0.717) is 10.0 Å². The van der Waals surface area contributed by atoms with Gasteiger partial charge < -0.3 is 10.4 Å². The monoisotopic (exact) mass is 247 g/mol. The molecule has 0 heterocycles. The highest BCUT2D eigenvalue weighted by atomic mass is 35.5. The molecule has 2 atom stereocenters. The number of aliphatic hydroxyl groups is 1. The predicted molar refractivity (Wildman–Crippen MR) is 64.6 cm³/mol. The molecule has 4 heteroatoms. The fourth-order valence-corrected chi connectivity index (χ4v) is 1.99. The van der Waals surface area contributed by atoms with E-state index in [9.17, 15) is 0 Å². The minimum atomic E-state index is 0.0479. The maximum Gasteiger partial charge on any atom is 0.0582 e. The lowest BCUT2D eigenvalue weighted by Gasteiger charge is -2.19. The van der Waals surface area contributed by atoms with Crippen LogP contribution in [0.15, 0.2) is 18.2 Å². The minimum Gasteiger partial charge on any atom is -0.395 e. The summed E-state index contributed by atoms with van der Waals surface area (Å²) in [7, 11) is 0. The van der Waals surface area contributed by atoms with Crippen LogP contribution in [0, 0.1) is 0 Å². The number of halogens is 2. The molecule has 2 nitrogen and oxygen atoms in total. The smallest absolute Gasteiger partial charge is 0.0582 e. The highest BCUT2D eigenvalue weighted by molar-refractivity contribution is 6.35. The van der Waals surface area contributed by atoms with Gasteiger partial charge in [-0.15, -0.1) is 0 Å². The van der Waals surface area contributed by atoms with E-state index < -0.39 is 0 Å². The molecule has 0 saturated carbocycles. The van der Waals surface area contributed by atoms with Crippen LogP contribution < -0.4 is 5.32 Å². The molecule has 1 aromatic carbocycles. The average Bonchev–Trinajstić information content (AvgIpc) is 2.17. The lowest BCUT2D eigenvalue weighted by Crippen LogP contribution is -2.31. The zero-order chi connectivity index (χ0) is 11.4. The van der Waals surface area contributed by atoms with E-state index in [0.717, 1.165) is 5.56 Å². The molecule has 0 spiro atoms. The predicted octanol–water partition coefficient (Wildman–Crippen LogP) is 3.02. The summed E-state index contributed by atoms with van der Waals surface area (Å²) in [5.41, 5.74) is 0.987. The Labute approximate surface area is 100 Å². The Morgan fingerprint density at radius 2 is 2.00 bits per heavy atom. The van der Waals surface area contributed by atoms with Crippen LogP contribution in [0.25, 0.3) is 0 Å². The van der Waals surface area contributed by atoms with Crippen LogP contribution in [0.2, 0.25) is 10.0 Å². The molecular weight excluding hydrogens is 233 g/mol. The third-order valence-corrected chi connectivity index (χ3v) is 2.80. The summed E-state index contributed by atoms with van der Waals surface area (Å²) in [6.45, 7) is 4.02. The summed E-state index contributed by atoms with van der Waals surface area (Å²) >= 11 is 11.9. The average molecular weight is 248 g/mol. The molecule has 2 N–H and O–H groups in total. The van der Waals surface area contributed by atoms with Gasteiger partial charge in [-0.1, -0.05) is 29.3 Å². The number of hydrogen-bond donors (Lipinski definition) is 2. The van der Waals surface area contributed by atoms with Crippen molar-refractivity contribution in [1.82, 2.24) is 5.32 Å². The molecule has 1 rings (SSSR count). The lowest BCUT2D eigenvalue weighted by molar-refractivity contribution is 0.243. The van der Waals surface area contributed by atoms with E-state index in [-0.39, 0.29) is 18.7 Å². The molecular formula is C11H15Cl2NO. The summed E-state index contributed by atoms with van der Waals surface area (Å²) in [5.74, 6) is 0. The van der Waals surface area contributed by atoms with Crippen molar-refractivity contribution in [2.24, 2.45) is 0 Å². The largest absolute Gasteiger partial charge is 0.395 e. The van der Waals surface area contributed by atoms with Crippen molar-refractivity contribution < 1.29 is 5.11 Å². The highest BCUT2D eigenvalue weighted by Crippen LogP contribution is 2.26. The SMILES string of the molecule is CC(N[C@@H](C)CO)c1ccc(Cl)cc1Cl. The van der Waals surface area contributed by atoms with Crippen molar-refractivity contribution in [3.63, 3.8) is 0 Å². The molecule has 1 aromatic rings. The topological polar surface area (TPSA) is 32.3 Å². The van der Waals surface area contributed by atoms with Crippen molar-refractivity contribution in [3.8, 4) is 0 Å². The van der Waals surface area contributed by atoms with E-state index in [4.69, 9.17) is 28.3 Å². The molecule has 0 aromatic heterocycles. The van der Waals surface area contributed by atoms with Crippen molar-refractivity contribution in [3.05, 3.63) is 33.8 Å². The van der Waals surface area contributed by atoms with Gasteiger partial charge in [0, 0.05) is 22.1 Å². The minimum absolute atomic E-state index is 0.0479. The van der Waals surface area contributed by atoms with E-state index >= 15 is 0 Å². The Bertz CT molecular complexity index is 330. The third kappa shape index (κ3) is 3.65.